The third-order valence-electron chi connectivity index (χ3n) is 4.64. The van der Waals surface area contributed by atoms with Crippen molar-refractivity contribution in [3.63, 3.8) is 0 Å². The van der Waals surface area contributed by atoms with E-state index in [1.807, 2.05) is 0 Å². The molecule has 2 aromatic rings. The molecule has 0 radical (unpaired) electrons. The zero-order valence-corrected chi connectivity index (χ0v) is 14.0. The molecule has 24 heavy (non-hydrogen) atoms. The van der Waals surface area contributed by atoms with E-state index < -0.39 is 29.2 Å². The Balaban J connectivity index is 1.98. The summed E-state index contributed by atoms with van der Waals surface area (Å²) in [6.45, 7) is 2.11. The maximum absolute atomic E-state index is 14.2. The summed E-state index contributed by atoms with van der Waals surface area (Å²) >= 11 is 3.93. The van der Waals surface area contributed by atoms with Gasteiger partial charge in [-0.3, -0.25) is 4.79 Å². The first-order valence-corrected chi connectivity index (χ1v) is 8.34. The highest BCUT2D eigenvalue weighted by Gasteiger charge is 2.28. The van der Waals surface area contributed by atoms with Crippen LogP contribution in [0.25, 0.3) is 10.8 Å². The monoisotopic (exact) mass is 354 g/mol. The molecule has 1 aliphatic carbocycles. The van der Waals surface area contributed by atoms with E-state index in [0.717, 1.165) is 18.9 Å². The molecule has 1 fully saturated rings. The van der Waals surface area contributed by atoms with Crippen LogP contribution in [0.2, 0.25) is 0 Å². The summed E-state index contributed by atoms with van der Waals surface area (Å²) in [5, 5.41) is -0.150. The highest BCUT2D eigenvalue weighted by molar-refractivity contribution is 7.80. The molecule has 0 bridgehead atoms. The van der Waals surface area contributed by atoms with Gasteiger partial charge < -0.3 is 4.74 Å². The zero-order chi connectivity index (χ0) is 17.4. The fourth-order valence-electron chi connectivity index (χ4n) is 3.12. The van der Waals surface area contributed by atoms with Crippen LogP contribution in [0.15, 0.2) is 23.1 Å². The second-order valence-corrected chi connectivity index (χ2v) is 6.85. The Hall–Kier alpha value is -1.69. The molecule has 2 nitrogen and oxygen atoms in total. The Bertz CT molecular complexity index is 799. The van der Waals surface area contributed by atoms with Gasteiger partial charge in [0.15, 0.2) is 11.6 Å². The molecule has 128 valence electrons. The average Bonchev–Trinajstić information content (AvgIpc) is 2.56. The summed E-state index contributed by atoms with van der Waals surface area (Å²) < 4.78 is 47.2. The van der Waals surface area contributed by atoms with Crippen LogP contribution in [-0.4, -0.2) is 5.97 Å². The van der Waals surface area contributed by atoms with Crippen LogP contribution in [0.4, 0.5) is 13.2 Å². The number of hydrogen-bond donors (Lipinski definition) is 1. The first kappa shape index (κ1) is 17.1. The molecule has 1 saturated carbocycles. The first-order chi connectivity index (χ1) is 11.4. The Morgan fingerprint density at radius 3 is 2.42 bits per heavy atom. The van der Waals surface area contributed by atoms with Crippen molar-refractivity contribution in [1.82, 2.24) is 0 Å². The van der Waals surface area contributed by atoms with Crippen LogP contribution in [0.5, 0.6) is 5.75 Å². The largest absolute Gasteiger partial charge is 0.422 e. The number of ether oxygens (including phenoxy) is 1. The van der Waals surface area contributed by atoms with E-state index in [9.17, 15) is 18.0 Å². The molecule has 6 heteroatoms. The van der Waals surface area contributed by atoms with Gasteiger partial charge in [0.2, 0.25) is 5.82 Å². The van der Waals surface area contributed by atoms with E-state index in [2.05, 4.69) is 19.6 Å². The third kappa shape index (κ3) is 3.11. The topological polar surface area (TPSA) is 26.3 Å². The van der Waals surface area contributed by atoms with Crippen molar-refractivity contribution in [2.45, 2.75) is 37.5 Å². The number of carbonyl (C=O) groups excluding carboxylic acids is 1. The fourth-order valence-corrected chi connectivity index (χ4v) is 3.31. The molecule has 0 N–H and O–H groups in total. The second kappa shape index (κ2) is 6.67. The zero-order valence-electron chi connectivity index (χ0n) is 13.1. The van der Waals surface area contributed by atoms with E-state index in [0.29, 0.717) is 18.8 Å². The third-order valence-corrected chi connectivity index (χ3v) is 4.98. The van der Waals surface area contributed by atoms with Crippen molar-refractivity contribution in [1.29, 1.82) is 0 Å². The van der Waals surface area contributed by atoms with Crippen LogP contribution >= 0.6 is 12.6 Å². The summed E-state index contributed by atoms with van der Waals surface area (Å²) in [6, 6.07) is 3.44. The second-order valence-electron chi connectivity index (χ2n) is 6.37. The normalized spacial score (nSPS) is 21.0. The standard InChI is InChI=1S/C18H17F3O2S/c1-9-2-4-10(5-3-9)18(22)23-17-11-6-7-14(24)15(20)12(11)8-13(19)16(17)21/h6-10,24H,2-5H2,1H3. The lowest BCUT2D eigenvalue weighted by Gasteiger charge is -2.24. The Kier molecular flexibility index (Phi) is 4.76. The van der Waals surface area contributed by atoms with Gasteiger partial charge in [-0.15, -0.1) is 12.6 Å². The molecule has 0 amide bonds. The molecule has 2 aromatic carbocycles. The molecule has 0 aliphatic heterocycles. The van der Waals surface area contributed by atoms with Crippen molar-refractivity contribution in [2.75, 3.05) is 0 Å². The highest BCUT2D eigenvalue weighted by Crippen LogP contribution is 2.36. The van der Waals surface area contributed by atoms with Gasteiger partial charge in [-0.25, -0.2) is 8.78 Å². The maximum Gasteiger partial charge on any atom is 0.314 e. The minimum atomic E-state index is -1.29. The van der Waals surface area contributed by atoms with Crippen LogP contribution < -0.4 is 4.74 Å². The van der Waals surface area contributed by atoms with Gasteiger partial charge in [0, 0.05) is 15.7 Å². The van der Waals surface area contributed by atoms with Gasteiger partial charge in [0.25, 0.3) is 0 Å². The van der Waals surface area contributed by atoms with E-state index in [-0.39, 0.29) is 21.6 Å². The molecular formula is C18H17F3O2S. The van der Waals surface area contributed by atoms with Gasteiger partial charge in [-0.1, -0.05) is 6.92 Å². The number of halogens is 3. The fraction of sp³-hybridized carbons (Fsp3) is 0.389. The minimum absolute atomic E-state index is 0.00653. The molecular weight excluding hydrogens is 337 g/mol. The molecule has 0 atom stereocenters. The van der Waals surface area contributed by atoms with Crippen molar-refractivity contribution in [3.8, 4) is 5.75 Å². The smallest absolute Gasteiger partial charge is 0.314 e. The van der Waals surface area contributed by atoms with Crippen molar-refractivity contribution in [3.05, 3.63) is 35.7 Å². The van der Waals surface area contributed by atoms with Crippen LogP contribution in [0.3, 0.4) is 0 Å². The lowest BCUT2D eigenvalue weighted by molar-refractivity contribution is -0.140. The van der Waals surface area contributed by atoms with Gasteiger partial charge in [-0.2, -0.15) is 4.39 Å². The number of hydrogen-bond acceptors (Lipinski definition) is 3. The minimum Gasteiger partial charge on any atom is -0.422 e. The Morgan fingerprint density at radius 1 is 1.08 bits per heavy atom. The lowest BCUT2D eigenvalue weighted by Crippen LogP contribution is -2.25. The number of esters is 1. The molecule has 0 saturated heterocycles. The Labute approximate surface area is 143 Å². The molecule has 0 heterocycles. The first-order valence-electron chi connectivity index (χ1n) is 7.89. The number of thiol groups is 1. The summed E-state index contributed by atoms with van der Waals surface area (Å²) in [5.41, 5.74) is 0. The van der Waals surface area contributed by atoms with E-state index in [1.165, 1.54) is 12.1 Å². The SMILES string of the molecule is CC1CCC(C(=O)Oc2c(F)c(F)cc3c(F)c(S)ccc23)CC1. The predicted molar refractivity (Wildman–Crippen MR) is 87.8 cm³/mol. The van der Waals surface area contributed by atoms with Gasteiger partial charge in [0.1, 0.15) is 5.82 Å². The van der Waals surface area contributed by atoms with E-state index >= 15 is 0 Å². The number of rotatable bonds is 2. The number of fused-ring (bicyclic) bond motifs is 1. The lowest BCUT2D eigenvalue weighted by atomic mass is 9.83. The average molecular weight is 354 g/mol. The van der Waals surface area contributed by atoms with Gasteiger partial charge in [0.05, 0.1) is 5.92 Å². The van der Waals surface area contributed by atoms with E-state index in [1.54, 1.807) is 0 Å². The van der Waals surface area contributed by atoms with Gasteiger partial charge in [-0.05, 0) is 49.8 Å². The summed E-state index contributed by atoms with van der Waals surface area (Å²) in [7, 11) is 0. The van der Waals surface area contributed by atoms with Crippen LogP contribution in [0, 0.1) is 29.3 Å². The summed E-state index contributed by atoms with van der Waals surface area (Å²) in [5.74, 6) is -4.27. The number of benzene rings is 2. The molecule has 3 rings (SSSR count). The number of carbonyl (C=O) groups is 1. The quantitative estimate of drug-likeness (QED) is 0.451. The summed E-state index contributed by atoms with van der Waals surface area (Å²) in [6.07, 6.45) is 3.10. The van der Waals surface area contributed by atoms with Crippen LogP contribution in [0.1, 0.15) is 32.6 Å². The predicted octanol–water partition coefficient (Wildman–Crippen LogP) is 5.28. The molecule has 0 spiro atoms. The van der Waals surface area contributed by atoms with Crippen molar-refractivity contribution < 1.29 is 22.7 Å². The maximum atomic E-state index is 14.2. The Morgan fingerprint density at radius 2 is 1.75 bits per heavy atom. The molecule has 0 unspecified atom stereocenters. The van der Waals surface area contributed by atoms with Crippen molar-refractivity contribution >= 4 is 29.4 Å². The summed E-state index contributed by atoms with van der Waals surface area (Å²) in [4.78, 5) is 12.3. The highest BCUT2D eigenvalue weighted by atomic mass is 32.1. The molecule has 1 aliphatic rings. The van der Waals surface area contributed by atoms with Gasteiger partial charge >= 0.3 is 5.97 Å². The van der Waals surface area contributed by atoms with Crippen molar-refractivity contribution in [2.24, 2.45) is 11.8 Å². The van der Waals surface area contributed by atoms with E-state index in [4.69, 9.17) is 4.74 Å². The van der Waals surface area contributed by atoms with Crippen LogP contribution in [-0.2, 0) is 4.79 Å². The molecule has 0 aromatic heterocycles.